The molecule has 0 saturated carbocycles. The molecule has 0 heterocycles. The first-order chi connectivity index (χ1) is 15.0. The fourth-order valence-electron chi connectivity index (χ4n) is 2.60. The number of nitrogens with one attached hydrogen (secondary N) is 2. The van der Waals surface area contributed by atoms with E-state index in [0.717, 1.165) is 0 Å². The minimum Gasteiger partial charge on any atom is -0.495 e. The molecule has 0 aliphatic carbocycles. The third-order valence-electron chi connectivity index (χ3n) is 4.26. The predicted molar refractivity (Wildman–Crippen MR) is 117 cm³/mol. The van der Waals surface area contributed by atoms with Crippen LogP contribution in [-0.2, 0) is 14.4 Å². The van der Waals surface area contributed by atoms with E-state index < -0.39 is 11.8 Å². The summed E-state index contributed by atoms with van der Waals surface area (Å²) in [5, 5.41) is 6.52. The molecule has 3 amide bonds. The van der Waals surface area contributed by atoms with Crippen LogP contribution in [-0.4, -0.2) is 55.6 Å². The fraction of sp³-hybridized carbons (Fsp3) is 0.273. The second kappa shape index (κ2) is 12.0. The molecule has 2 aromatic carbocycles. The first-order valence-corrected chi connectivity index (χ1v) is 9.76. The molecule has 0 spiro atoms. The number of hydrogen-bond donors (Lipinski definition) is 2. The number of nitrogens with zero attached hydrogens (tertiary/aromatic N) is 2. The van der Waals surface area contributed by atoms with Crippen LogP contribution in [0.2, 0.25) is 0 Å². The van der Waals surface area contributed by atoms with Gasteiger partial charge >= 0.3 is 11.8 Å². The zero-order valence-electron chi connectivity index (χ0n) is 17.8. The number of amides is 3. The average molecular weight is 426 g/mol. The summed E-state index contributed by atoms with van der Waals surface area (Å²) in [5.74, 6) is -0.688. The molecule has 2 rings (SSSR count). The molecule has 0 unspecified atom stereocenters. The van der Waals surface area contributed by atoms with Gasteiger partial charge in [0.1, 0.15) is 11.5 Å². The number of methoxy groups -OCH3 is 1. The van der Waals surface area contributed by atoms with Crippen molar-refractivity contribution in [3.63, 3.8) is 0 Å². The normalized spacial score (nSPS) is 10.4. The molecular formula is C22H26N4O5. The predicted octanol–water partition coefficient (Wildman–Crippen LogP) is 2.03. The number of hydrogen-bond acceptors (Lipinski definition) is 6. The van der Waals surface area contributed by atoms with Crippen molar-refractivity contribution in [2.45, 2.75) is 13.8 Å². The van der Waals surface area contributed by atoms with Crippen molar-refractivity contribution in [3.8, 4) is 11.5 Å². The first-order valence-electron chi connectivity index (χ1n) is 9.76. The van der Waals surface area contributed by atoms with Crippen molar-refractivity contribution < 1.29 is 23.9 Å². The van der Waals surface area contributed by atoms with Crippen LogP contribution in [0.25, 0.3) is 0 Å². The van der Waals surface area contributed by atoms with E-state index >= 15 is 0 Å². The van der Waals surface area contributed by atoms with Gasteiger partial charge in [-0.15, -0.1) is 0 Å². The summed E-state index contributed by atoms with van der Waals surface area (Å²) in [6.45, 7) is 4.32. The van der Waals surface area contributed by atoms with Gasteiger partial charge in [0.2, 0.25) is 0 Å². The Kier molecular flexibility index (Phi) is 9.03. The molecule has 0 saturated heterocycles. The van der Waals surface area contributed by atoms with Crippen LogP contribution in [0.5, 0.6) is 11.5 Å². The smallest absolute Gasteiger partial charge is 0.329 e. The fourth-order valence-corrected chi connectivity index (χ4v) is 2.60. The maximum Gasteiger partial charge on any atom is 0.329 e. The lowest BCUT2D eigenvalue weighted by Gasteiger charge is -2.16. The Balaban J connectivity index is 1.82. The second-order valence-corrected chi connectivity index (χ2v) is 6.28. The maximum absolute atomic E-state index is 12.1. The summed E-state index contributed by atoms with van der Waals surface area (Å²) in [6, 6.07) is 13.8. The number of likely N-dealkylation sites (N-methyl/N-ethyl adjacent to an activating group) is 1. The minimum atomic E-state index is -0.791. The van der Waals surface area contributed by atoms with Crippen molar-refractivity contribution >= 4 is 29.6 Å². The van der Waals surface area contributed by atoms with Crippen molar-refractivity contribution in [3.05, 3.63) is 54.1 Å². The van der Waals surface area contributed by atoms with Gasteiger partial charge < -0.3 is 19.7 Å². The Morgan fingerprint density at radius 2 is 1.71 bits per heavy atom. The van der Waals surface area contributed by atoms with E-state index in [9.17, 15) is 14.4 Å². The Morgan fingerprint density at radius 1 is 1.03 bits per heavy atom. The van der Waals surface area contributed by atoms with E-state index in [4.69, 9.17) is 9.47 Å². The number of rotatable bonds is 9. The molecule has 164 valence electrons. The topological polar surface area (TPSA) is 109 Å². The van der Waals surface area contributed by atoms with Crippen LogP contribution in [0.15, 0.2) is 53.6 Å². The van der Waals surface area contributed by atoms with E-state index in [1.165, 1.54) is 18.2 Å². The highest BCUT2D eigenvalue weighted by Crippen LogP contribution is 2.22. The minimum absolute atomic E-state index is 0.172. The molecule has 31 heavy (non-hydrogen) atoms. The lowest BCUT2D eigenvalue weighted by Crippen LogP contribution is -2.41. The van der Waals surface area contributed by atoms with Crippen molar-refractivity contribution in [1.29, 1.82) is 0 Å². The van der Waals surface area contributed by atoms with Crippen LogP contribution in [0.4, 0.5) is 5.69 Å². The van der Waals surface area contributed by atoms with Crippen LogP contribution >= 0.6 is 0 Å². The third-order valence-corrected chi connectivity index (χ3v) is 4.26. The lowest BCUT2D eigenvalue weighted by molar-refractivity contribution is -0.145. The Morgan fingerprint density at radius 3 is 2.35 bits per heavy atom. The highest BCUT2D eigenvalue weighted by molar-refractivity contribution is 6.34. The van der Waals surface area contributed by atoms with Crippen LogP contribution in [0.3, 0.4) is 0 Å². The van der Waals surface area contributed by atoms with Crippen LogP contribution in [0.1, 0.15) is 19.4 Å². The summed E-state index contributed by atoms with van der Waals surface area (Å²) >= 11 is 0. The van der Waals surface area contributed by atoms with Gasteiger partial charge in [-0.1, -0.05) is 12.1 Å². The zero-order valence-corrected chi connectivity index (χ0v) is 17.8. The van der Waals surface area contributed by atoms with Crippen LogP contribution in [0, 0.1) is 0 Å². The van der Waals surface area contributed by atoms with E-state index in [0.29, 0.717) is 35.8 Å². The Hall–Kier alpha value is -3.88. The number of carbonyl (C=O) groups excluding carboxylic acids is 3. The molecule has 2 aromatic rings. The summed E-state index contributed by atoms with van der Waals surface area (Å²) < 4.78 is 10.7. The summed E-state index contributed by atoms with van der Waals surface area (Å²) in [7, 11) is 1.53. The second-order valence-electron chi connectivity index (χ2n) is 6.28. The van der Waals surface area contributed by atoms with Gasteiger partial charge in [0, 0.05) is 13.1 Å². The molecule has 0 aromatic heterocycles. The van der Waals surface area contributed by atoms with Gasteiger partial charge in [-0.25, -0.2) is 5.43 Å². The first kappa shape index (κ1) is 23.4. The van der Waals surface area contributed by atoms with Gasteiger partial charge in [-0.2, -0.15) is 5.10 Å². The Bertz CT molecular complexity index is 924. The van der Waals surface area contributed by atoms with E-state index in [1.54, 1.807) is 56.3 Å². The van der Waals surface area contributed by atoms with Gasteiger partial charge in [0.25, 0.3) is 5.91 Å². The molecule has 0 atom stereocenters. The number of benzene rings is 2. The molecule has 0 bridgehead atoms. The van der Waals surface area contributed by atoms with Gasteiger partial charge in [0.05, 0.1) is 19.0 Å². The van der Waals surface area contributed by atoms with Crippen molar-refractivity contribution in [1.82, 2.24) is 10.3 Å². The van der Waals surface area contributed by atoms with Gasteiger partial charge in [-0.3, -0.25) is 14.4 Å². The maximum atomic E-state index is 12.1. The Labute approximate surface area is 181 Å². The van der Waals surface area contributed by atoms with E-state index in [2.05, 4.69) is 15.8 Å². The quantitative estimate of drug-likeness (QED) is 0.362. The standard InChI is InChI=1S/C22H26N4O5/c1-4-26(5-2)22(29)21(28)25-23-14-16-10-12-17(13-11-16)31-15-20(27)24-18-8-6-7-9-19(18)30-3/h6-14H,4-5,15H2,1-3H3,(H,24,27)(H,25,28)/b23-14-. The van der Waals surface area contributed by atoms with E-state index in [-0.39, 0.29) is 12.5 Å². The lowest BCUT2D eigenvalue weighted by atomic mass is 10.2. The molecular weight excluding hydrogens is 400 g/mol. The highest BCUT2D eigenvalue weighted by Gasteiger charge is 2.18. The monoisotopic (exact) mass is 426 g/mol. The summed E-state index contributed by atoms with van der Waals surface area (Å²) in [6.07, 6.45) is 1.41. The molecule has 0 aliphatic rings. The molecule has 2 N–H and O–H groups in total. The zero-order chi connectivity index (χ0) is 22.6. The summed E-state index contributed by atoms with van der Waals surface area (Å²) in [4.78, 5) is 37.1. The number of para-hydroxylation sites is 2. The molecule has 0 fully saturated rings. The molecule has 9 heteroatoms. The SMILES string of the molecule is CCN(CC)C(=O)C(=O)N/N=C\c1ccc(OCC(=O)Nc2ccccc2OC)cc1. The third kappa shape index (κ3) is 7.14. The molecule has 9 nitrogen and oxygen atoms in total. The number of carbonyl (C=O) groups is 3. The number of ether oxygens (including phenoxy) is 2. The highest BCUT2D eigenvalue weighted by atomic mass is 16.5. The average Bonchev–Trinajstić information content (AvgIpc) is 2.79. The van der Waals surface area contributed by atoms with Crippen LogP contribution < -0.4 is 20.2 Å². The molecule has 0 aliphatic heterocycles. The number of hydrazone groups is 1. The van der Waals surface area contributed by atoms with Crippen molar-refractivity contribution in [2.75, 3.05) is 32.1 Å². The largest absolute Gasteiger partial charge is 0.495 e. The molecule has 0 radical (unpaired) electrons. The van der Waals surface area contributed by atoms with Crippen molar-refractivity contribution in [2.24, 2.45) is 5.10 Å². The summed E-state index contributed by atoms with van der Waals surface area (Å²) in [5.41, 5.74) is 3.46. The number of anilines is 1. The van der Waals surface area contributed by atoms with E-state index in [1.807, 2.05) is 6.07 Å². The van der Waals surface area contributed by atoms with Gasteiger partial charge in [-0.05, 0) is 55.8 Å². The van der Waals surface area contributed by atoms with Gasteiger partial charge in [0.15, 0.2) is 6.61 Å².